The van der Waals surface area contributed by atoms with Gasteiger partial charge in [0.25, 0.3) is 0 Å². The van der Waals surface area contributed by atoms with Gasteiger partial charge in [-0.25, -0.2) is 4.98 Å². The summed E-state index contributed by atoms with van der Waals surface area (Å²) < 4.78 is 9.58. The Morgan fingerprint density at radius 3 is 1.62 bits per heavy atom. The number of anilines is 2. The molecule has 0 unspecified atom stereocenters. The third kappa shape index (κ3) is 10.5. The van der Waals surface area contributed by atoms with E-state index in [9.17, 15) is 0 Å². The summed E-state index contributed by atoms with van der Waals surface area (Å²) in [5.41, 5.74) is 13.7. The van der Waals surface area contributed by atoms with Crippen LogP contribution in [0.5, 0.6) is 11.5 Å². The molecular formula is C67H75N4OPt-3. The molecule has 382 valence electrons. The number of fused-ring (bicyclic) bond motifs is 3. The molecule has 8 aromatic rings. The van der Waals surface area contributed by atoms with E-state index in [0.717, 1.165) is 55.7 Å². The van der Waals surface area contributed by atoms with Crippen molar-refractivity contribution in [3.8, 4) is 28.4 Å². The number of para-hydroxylation sites is 1. The summed E-state index contributed by atoms with van der Waals surface area (Å²) in [6.07, 6.45) is 1.93. The number of aromatic nitrogens is 2. The zero-order chi connectivity index (χ0) is 51.9. The Kier molecular flexibility index (Phi) is 14.0. The van der Waals surface area contributed by atoms with Gasteiger partial charge in [-0.05, 0) is 85.2 Å². The van der Waals surface area contributed by atoms with Gasteiger partial charge in [0.15, 0.2) is 0 Å². The third-order valence-corrected chi connectivity index (χ3v) is 14.4. The molecule has 0 amide bonds. The molecule has 0 radical (unpaired) electrons. The Balaban J connectivity index is 0.00000711. The van der Waals surface area contributed by atoms with Gasteiger partial charge in [0.2, 0.25) is 0 Å². The Bertz CT molecular complexity index is 3310. The smallest absolute Gasteiger partial charge is 0.135 e. The molecule has 6 heteroatoms. The molecular weight excluding hydrogens is 1070 g/mol. The Morgan fingerprint density at radius 2 is 1.03 bits per heavy atom. The average Bonchev–Trinajstić information content (AvgIpc) is 3.89. The fourth-order valence-electron chi connectivity index (χ4n) is 10.3. The number of pyridine rings is 1. The summed E-state index contributed by atoms with van der Waals surface area (Å²) in [5.74, 6) is 2.05. The molecule has 3 heterocycles. The summed E-state index contributed by atoms with van der Waals surface area (Å²) in [5, 5.41) is 2.27. The molecule has 0 spiro atoms. The number of ether oxygens (including phenoxy) is 1. The monoisotopic (exact) mass is 1150 g/mol. The molecule has 0 fully saturated rings. The number of hydrogen-bond acceptors (Lipinski definition) is 4. The van der Waals surface area contributed by atoms with Crippen LogP contribution in [0.4, 0.5) is 11.4 Å². The quantitative estimate of drug-likeness (QED) is 0.142. The van der Waals surface area contributed by atoms with Crippen LogP contribution in [0.1, 0.15) is 146 Å². The number of benzene rings is 6. The Hall–Kier alpha value is -5.90. The van der Waals surface area contributed by atoms with Crippen LogP contribution in [0.15, 0.2) is 151 Å². The molecule has 2 aromatic heterocycles. The van der Waals surface area contributed by atoms with E-state index in [1.807, 2.05) is 6.20 Å². The van der Waals surface area contributed by atoms with Gasteiger partial charge in [-0.1, -0.05) is 214 Å². The van der Waals surface area contributed by atoms with Crippen molar-refractivity contribution in [2.75, 3.05) is 9.80 Å². The van der Waals surface area contributed by atoms with E-state index >= 15 is 0 Å². The van der Waals surface area contributed by atoms with Gasteiger partial charge in [-0.3, -0.25) is 0 Å². The Labute approximate surface area is 452 Å². The predicted octanol–water partition coefficient (Wildman–Crippen LogP) is 18.2. The predicted molar refractivity (Wildman–Crippen MR) is 305 cm³/mol. The normalized spacial score (nSPS) is 14.1. The minimum atomic E-state index is -0.427. The molecule has 1 aliphatic rings. The fourth-order valence-corrected chi connectivity index (χ4v) is 10.3. The van der Waals surface area contributed by atoms with Gasteiger partial charge in [0.1, 0.15) is 5.82 Å². The van der Waals surface area contributed by atoms with Gasteiger partial charge >= 0.3 is 0 Å². The second-order valence-electron chi connectivity index (χ2n) is 25.7. The molecule has 6 aromatic carbocycles. The van der Waals surface area contributed by atoms with E-state index in [1.54, 1.807) is 0 Å². The van der Waals surface area contributed by atoms with Crippen molar-refractivity contribution in [2.45, 2.75) is 139 Å². The molecule has 73 heavy (non-hydrogen) atoms. The van der Waals surface area contributed by atoms with Crippen LogP contribution in [-0.2, 0) is 42.7 Å². The van der Waals surface area contributed by atoms with E-state index in [2.05, 4.69) is 284 Å². The van der Waals surface area contributed by atoms with Crippen LogP contribution in [0.3, 0.4) is 0 Å². The van der Waals surface area contributed by atoms with Gasteiger partial charge in [-0.2, -0.15) is 0 Å². The van der Waals surface area contributed by atoms with Crippen LogP contribution in [0.2, 0.25) is 0 Å². The first kappa shape index (κ1) is 53.4. The molecule has 0 atom stereocenters. The maximum absolute atomic E-state index is 7.30. The minimum Gasteiger partial charge on any atom is -0.509 e. The molecule has 5 nitrogen and oxygen atoms in total. The molecule has 0 bridgehead atoms. The first-order valence-corrected chi connectivity index (χ1v) is 25.8. The van der Waals surface area contributed by atoms with E-state index < -0.39 is 5.41 Å². The van der Waals surface area contributed by atoms with Crippen LogP contribution in [0, 0.1) is 29.6 Å². The molecule has 0 aliphatic carbocycles. The van der Waals surface area contributed by atoms with Gasteiger partial charge in [-0.15, -0.1) is 53.8 Å². The SMILES string of the molecule is CC(C)(C)C1=C(C(C)(C)C)N(c2cc(C(C)(C)C)cc(C(C)(C)C)c2)[CH-]N1c1[c-]c(Oc2[c-]c3c(c(C(C)(C)c4ccccc4)c2)c2ccccc2n3-c2cc(C(C)(C)C)ccn2)cc(-c2ccccc2)c1.[Pt]. The van der Waals surface area contributed by atoms with Crippen molar-refractivity contribution in [3.63, 3.8) is 0 Å². The number of allylic oxidation sites excluding steroid dienone is 2. The first-order valence-electron chi connectivity index (χ1n) is 25.8. The van der Waals surface area contributed by atoms with Gasteiger partial charge < -0.3 is 19.1 Å². The van der Waals surface area contributed by atoms with Crippen LogP contribution < -0.4 is 14.5 Å². The molecule has 0 saturated heterocycles. The van der Waals surface area contributed by atoms with Gasteiger partial charge in [0.05, 0.1) is 0 Å². The summed E-state index contributed by atoms with van der Waals surface area (Å²) in [6.45, 7) is 41.6. The van der Waals surface area contributed by atoms with Gasteiger partial charge in [0, 0.05) is 72.2 Å². The zero-order valence-electron chi connectivity index (χ0n) is 46.4. The average molecular weight is 1150 g/mol. The van der Waals surface area contributed by atoms with Crippen molar-refractivity contribution in [3.05, 3.63) is 198 Å². The number of hydrogen-bond donors (Lipinski definition) is 0. The molecule has 0 N–H and O–H groups in total. The fraction of sp³-hybridized carbons (Fsp3) is 0.343. The summed E-state index contributed by atoms with van der Waals surface area (Å²) >= 11 is 0. The summed E-state index contributed by atoms with van der Waals surface area (Å²) in [6, 6.07) is 56.0. The van der Waals surface area contributed by atoms with E-state index in [1.165, 1.54) is 33.6 Å². The molecule has 1 aliphatic heterocycles. The van der Waals surface area contributed by atoms with Crippen LogP contribution in [0.25, 0.3) is 38.8 Å². The minimum absolute atomic E-state index is 0. The van der Waals surface area contributed by atoms with Crippen LogP contribution in [-0.4, -0.2) is 9.55 Å². The van der Waals surface area contributed by atoms with Crippen LogP contribution >= 0.6 is 0 Å². The molecule has 0 saturated carbocycles. The zero-order valence-corrected chi connectivity index (χ0v) is 48.6. The summed E-state index contributed by atoms with van der Waals surface area (Å²) in [4.78, 5) is 9.88. The van der Waals surface area contributed by atoms with Crippen molar-refractivity contribution >= 4 is 33.2 Å². The van der Waals surface area contributed by atoms with E-state index in [-0.39, 0.29) is 48.1 Å². The van der Waals surface area contributed by atoms with Crippen molar-refractivity contribution in [2.24, 2.45) is 10.8 Å². The standard InChI is InChI=1S/C67H75N4O.Pt/c1-62(2,3)47-32-33-68-58(39-47)71-56-31-25-24-30-54(56)59-55(67(16,17)46-28-22-19-23-29-46)41-53(42-57(59)71)72-52-35-45(44-26-20-18-21-27-44)34-50(40-52)69-43-70(61(66(13,14)15)60(69)65(10,11)12)51-37-48(63(4,5)6)36-49(38-51)64(7,8)9;/h18-39,41,43H,1-17H3;/q-3;. The first-order chi connectivity index (χ1) is 33.6. The topological polar surface area (TPSA) is 33.5 Å². The molecule has 9 rings (SSSR count). The summed E-state index contributed by atoms with van der Waals surface area (Å²) in [7, 11) is 0. The second-order valence-corrected chi connectivity index (χ2v) is 25.7. The van der Waals surface area contributed by atoms with E-state index in [4.69, 9.17) is 9.72 Å². The second kappa shape index (κ2) is 19.1. The maximum Gasteiger partial charge on any atom is 0.135 e. The maximum atomic E-state index is 7.30. The third-order valence-electron chi connectivity index (χ3n) is 14.4. The van der Waals surface area contributed by atoms with Crippen molar-refractivity contribution in [1.82, 2.24) is 9.55 Å². The Morgan fingerprint density at radius 1 is 0.479 bits per heavy atom. The van der Waals surface area contributed by atoms with Crippen molar-refractivity contribution < 1.29 is 25.8 Å². The van der Waals surface area contributed by atoms with Crippen molar-refractivity contribution in [1.29, 1.82) is 0 Å². The number of rotatable bonds is 8. The van der Waals surface area contributed by atoms with E-state index in [0.29, 0.717) is 11.5 Å². The largest absolute Gasteiger partial charge is 0.509 e. The number of nitrogens with zero attached hydrogens (tertiary/aromatic N) is 4.